The van der Waals surface area contributed by atoms with Gasteiger partial charge in [-0.15, -0.1) is 0 Å². The molecule has 0 atom stereocenters. The lowest BCUT2D eigenvalue weighted by Gasteiger charge is -2.27. The highest BCUT2D eigenvalue weighted by Gasteiger charge is 2.25. The summed E-state index contributed by atoms with van der Waals surface area (Å²) in [7, 11) is 0. The lowest BCUT2D eigenvalue weighted by molar-refractivity contribution is -0.121. The van der Waals surface area contributed by atoms with Gasteiger partial charge in [-0.05, 0) is 64.0 Å². The summed E-state index contributed by atoms with van der Waals surface area (Å²) in [5.74, 6) is 0.768. The van der Waals surface area contributed by atoms with Crippen molar-refractivity contribution >= 4 is 11.7 Å². The van der Waals surface area contributed by atoms with Gasteiger partial charge in [0.05, 0.1) is 25.9 Å². The molecule has 0 spiro atoms. The fourth-order valence-corrected chi connectivity index (χ4v) is 3.39. The van der Waals surface area contributed by atoms with Crippen molar-refractivity contribution in [3.63, 3.8) is 0 Å². The molecule has 1 fully saturated rings. The number of hydrogen-bond donors (Lipinski definition) is 1. The lowest BCUT2D eigenvalue weighted by atomic mass is 9.78. The maximum atomic E-state index is 12.1. The van der Waals surface area contributed by atoms with Gasteiger partial charge in [-0.2, -0.15) is 0 Å². The van der Waals surface area contributed by atoms with E-state index in [0.29, 0.717) is 43.8 Å². The van der Waals surface area contributed by atoms with Gasteiger partial charge in [-0.3, -0.25) is 14.6 Å². The second-order valence-corrected chi connectivity index (χ2v) is 7.42. The molecule has 2 rings (SSSR count). The minimum absolute atomic E-state index is 0.191. The Morgan fingerprint density at radius 3 is 2.48 bits per heavy atom. The number of rotatable bonds is 10. The van der Waals surface area contributed by atoms with Gasteiger partial charge in [-0.25, -0.2) is 0 Å². The summed E-state index contributed by atoms with van der Waals surface area (Å²) >= 11 is 0. The van der Waals surface area contributed by atoms with Crippen LogP contribution in [0.3, 0.4) is 0 Å². The molecule has 6 heteroatoms. The fraction of sp³-hybridized carbons (Fsp3) is 0.667. The minimum atomic E-state index is -0.191. The number of aromatic nitrogens is 1. The molecule has 0 radical (unpaired) electrons. The predicted molar refractivity (Wildman–Crippen MR) is 104 cm³/mol. The quantitative estimate of drug-likeness (QED) is 0.635. The smallest absolute Gasteiger partial charge is 0.269 e. The number of amides is 1. The fourth-order valence-electron chi connectivity index (χ4n) is 3.39. The van der Waals surface area contributed by atoms with E-state index in [9.17, 15) is 9.59 Å². The van der Waals surface area contributed by atoms with Gasteiger partial charge < -0.3 is 14.8 Å². The van der Waals surface area contributed by atoms with Gasteiger partial charge in [-0.1, -0.05) is 6.07 Å². The Morgan fingerprint density at radius 1 is 1.15 bits per heavy atom. The second kappa shape index (κ2) is 11.1. The van der Waals surface area contributed by atoms with Crippen LogP contribution in [-0.4, -0.2) is 49.1 Å². The molecule has 1 heterocycles. The van der Waals surface area contributed by atoms with Crippen LogP contribution in [0.1, 0.15) is 68.4 Å². The second-order valence-electron chi connectivity index (χ2n) is 7.42. The Kier molecular flexibility index (Phi) is 8.88. The normalized spacial score (nSPS) is 19.9. The number of ether oxygens (including phenoxy) is 2. The SMILES string of the molecule is CC(=O)C1CCC(c2ccc(C(=O)NCCOCCOC(C)C)nc2)CC1. The lowest BCUT2D eigenvalue weighted by Crippen LogP contribution is -2.28. The zero-order valence-corrected chi connectivity index (χ0v) is 16.7. The van der Waals surface area contributed by atoms with E-state index < -0.39 is 0 Å². The molecule has 1 amide bonds. The third-order valence-electron chi connectivity index (χ3n) is 5.00. The summed E-state index contributed by atoms with van der Waals surface area (Å²) in [6.45, 7) is 7.62. The molecular formula is C21H32N2O4. The Balaban J connectivity index is 1.68. The van der Waals surface area contributed by atoms with Crippen LogP contribution in [0.4, 0.5) is 0 Å². The number of pyridine rings is 1. The summed E-state index contributed by atoms with van der Waals surface area (Å²) < 4.78 is 10.8. The molecule has 150 valence electrons. The molecule has 0 bridgehead atoms. The standard InChI is InChI=1S/C21H32N2O4/c1-15(2)27-13-12-26-11-10-22-21(25)20-9-8-19(14-23-20)18-6-4-17(5-7-18)16(3)24/h8-9,14-15,17-18H,4-7,10-13H2,1-3H3,(H,22,25). The monoisotopic (exact) mass is 376 g/mol. The molecule has 0 aromatic carbocycles. The van der Waals surface area contributed by atoms with Crippen molar-refractivity contribution in [2.24, 2.45) is 5.92 Å². The van der Waals surface area contributed by atoms with Crippen molar-refractivity contribution in [3.8, 4) is 0 Å². The number of carbonyl (C=O) groups excluding carboxylic acids is 2. The van der Waals surface area contributed by atoms with E-state index in [1.165, 1.54) is 0 Å². The first kappa shape index (κ1) is 21.5. The molecule has 1 N–H and O–H groups in total. The Labute approximate surface area is 162 Å². The highest BCUT2D eigenvalue weighted by atomic mass is 16.5. The third kappa shape index (κ3) is 7.39. The van der Waals surface area contributed by atoms with E-state index in [2.05, 4.69) is 10.3 Å². The average molecular weight is 376 g/mol. The topological polar surface area (TPSA) is 77.5 Å². The van der Waals surface area contributed by atoms with Crippen LogP contribution in [0.25, 0.3) is 0 Å². The van der Waals surface area contributed by atoms with Crippen LogP contribution in [0.2, 0.25) is 0 Å². The van der Waals surface area contributed by atoms with Crippen molar-refractivity contribution < 1.29 is 19.1 Å². The summed E-state index contributed by atoms with van der Waals surface area (Å²) in [4.78, 5) is 27.9. The van der Waals surface area contributed by atoms with E-state index in [-0.39, 0.29) is 17.9 Å². The largest absolute Gasteiger partial charge is 0.377 e. The van der Waals surface area contributed by atoms with E-state index in [1.54, 1.807) is 19.2 Å². The maximum Gasteiger partial charge on any atom is 0.269 e. The molecule has 6 nitrogen and oxygen atoms in total. The summed E-state index contributed by atoms with van der Waals surface area (Å²) in [5, 5.41) is 2.81. The molecule has 1 aromatic rings. The maximum absolute atomic E-state index is 12.1. The third-order valence-corrected chi connectivity index (χ3v) is 5.00. The van der Waals surface area contributed by atoms with Crippen LogP contribution >= 0.6 is 0 Å². The van der Waals surface area contributed by atoms with E-state index in [1.807, 2.05) is 19.9 Å². The van der Waals surface area contributed by atoms with Crippen molar-refractivity contribution in [2.45, 2.75) is 58.5 Å². The number of ketones is 1. The Morgan fingerprint density at radius 2 is 1.89 bits per heavy atom. The number of hydrogen-bond acceptors (Lipinski definition) is 5. The van der Waals surface area contributed by atoms with Crippen molar-refractivity contribution in [3.05, 3.63) is 29.6 Å². The van der Waals surface area contributed by atoms with Gasteiger partial charge in [0.25, 0.3) is 5.91 Å². The Hall–Kier alpha value is -1.79. The zero-order valence-electron chi connectivity index (χ0n) is 16.7. The minimum Gasteiger partial charge on any atom is -0.377 e. The first-order valence-electron chi connectivity index (χ1n) is 9.91. The first-order chi connectivity index (χ1) is 13.0. The molecule has 0 unspecified atom stereocenters. The molecule has 1 aliphatic carbocycles. The van der Waals surface area contributed by atoms with Crippen LogP contribution in [0.5, 0.6) is 0 Å². The molecule has 1 aromatic heterocycles. The molecule has 1 saturated carbocycles. The highest BCUT2D eigenvalue weighted by molar-refractivity contribution is 5.92. The summed E-state index contributed by atoms with van der Waals surface area (Å²) in [6.07, 6.45) is 5.92. The van der Waals surface area contributed by atoms with E-state index >= 15 is 0 Å². The first-order valence-corrected chi connectivity index (χ1v) is 9.91. The summed E-state index contributed by atoms with van der Waals surface area (Å²) in [5.41, 5.74) is 1.57. The molecule has 0 saturated heterocycles. The van der Waals surface area contributed by atoms with Crippen LogP contribution in [0, 0.1) is 5.92 Å². The predicted octanol–water partition coefficient (Wildman–Crippen LogP) is 3.12. The van der Waals surface area contributed by atoms with E-state index in [0.717, 1.165) is 31.2 Å². The van der Waals surface area contributed by atoms with Gasteiger partial charge in [0.2, 0.25) is 0 Å². The number of carbonyl (C=O) groups is 2. The van der Waals surface area contributed by atoms with Gasteiger partial charge in [0, 0.05) is 18.7 Å². The number of Topliss-reactive ketones (excluding diaryl/α,β-unsaturated/α-hetero) is 1. The van der Waals surface area contributed by atoms with Crippen molar-refractivity contribution in [2.75, 3.05) is 26.4 Å². The number of nitrogens with one attached hydrogen (secondary N) is 1. The van der Waals surface area contributed by atoms with Crippen molar-refractivity contribution in [1.82, 2.24) is 10.3 Å². The van der Waals surface area contributed by atoms with Gasteiger partial charge in [0.1, 0.15) is 11.5 Å². The van der Waals surface area contributed by atoms with E-state index in [4.69, 9.17) is 9.47 Å². The highest BCUT2D eigenvalue weighted by Crippen LogP contribution is 2.35. The number of nitrogens with zero attached hydrogens (tertiary/aromatic N) is 1. The average Bonchev–Trinajstić information content (AvgIpc) is 2.67. The molecular weight excluding hydrogens is 344 g/mol. The molecule has 0 aliphatic heterocycles. The molecule has 27 heavy (non-hydrogen) atoms. The van der Waals surface area contributed by atoms with Gasteiger partial charge in [0.15, 0.2) is 0 Å². The Bertz CT molecular complexity index is 593. The van der Waals surface area contributed by atoms with Crippen LogP contribution in [-0.2, 0) is 14.3 Å². The van der Waals surface area contributed by atoms with Crippen LogP contribution in [0.15, 0.2) is 18.3 Å². The van der Waals surface area contributed by atoms with Gasteiger partial charge >= 0.3 is 0 Å². The van der Waals surface area contributed by atoms with Crippen molar-refractivity contribution in [1.29, 1.82) is 0 Å². The van der Waals surface area contributed by atoms with Crippen LogP contribution < -0.4 is 5.32 Å². The summed E-state index contributed by atoms with van der Waals surface area (Å²) in [6, 6.07) is 3.76. The molecule has 1 aliphatic rings. The zero-order chi connectivity index (χ0) is 19.6.